The number of ether oxygens (including phenoxy) is 1. The predicted octanol–water partition coefficient (Wildman–Crippen LogP) is 25.7. The van der Waals surface area contributed by atoms with Crippen molar-refractivity contribution in [3.8, 4) is 0 Å². The standard InChI is InChI=1S/C79H153NO5/c1-3-5-7-9-11-13-15-17-18-19-39-43-46-49-53-57-61-65-69-73-79(84)85-74-70-66-62-58-54-50-47-44-41-38-36-34-32-30-28-26-24-22-20-21-23-25-27-29-31-33-35-37-40-42-45-48-52-56-60-64-68-72-78(83)80-76(75-81)77(82)71-67-63-59-55-51-16-14-12-10-8-6-4-2/h17-18,20,22,76-77,81-82H,3-16,19,21,23-75H2,1-2H3,(H,80,83)/b18-17-,22-20-. The lowest BCUT2D eigenvalue weighted by Gasteiger charge is -2.22. The molecule has 0 aliphatic carbocycles. The van der Waals surface area contributed by atoms with Crippen molar-refractivity contribution in [1.29, 1.82) is 0 Å². The van der Waals surface area contributed by atoms with E-state index >= 15 is 0 Å². The number of nitrogens with one attached hydrogen (secondary N) is 1. The molecule has 0 radical (unpaired) electrons. The average molecular weight is 1200 g/mol. The van der Waals surface area contributed by atoms with E-state index in [1.54, 1.807) is 0 Å². The number of esters is 1. The zero-order valence-corrected chi connectivity index (χ0v) is 57.9. The number of aliphatic hydroxyl groups is 2. The first kappa shape index (κ1) is 83.3. The minimum Gasteiger partial charge on any atom is -0.466 e. The summed E-state index contributed by atoms with van der Waals surface area (Å²) in [4.78, 5) is 24.6. The molecule has 6 nitrogen and oxygen atoms in total. The summed E-state index contributed by atoms with van der Waals surface area (Å²) in [7, 11) is 0. The van der Waals surface area contributed by atoms with Crippen LogP contribution in [0.3, 0.4) is 0 Å². The molecule has 0 bridgehead atoms. The number of unbranched alkanes of at least 4 members (excludes halogenated alkanes) is 59. The molecule has 504 valence electrons. The molecule has 85 heavy (non-hydrogen) atoms. The van der Waals surface area contributed by atoms with Crippen molar-refractivity contribution in [1.82, 2.24) is 5.32 Å². The Labute approximate surface area is 532 Å². The SMILES string of the molecule is CCCCCCCC/C=C\CCCCCCCCCCCC(=O)OCCCCCCCCCCCCCCCCCC/C=C\CCCCCCCCCCCCCCCCCCCC(=O)NC(CO)C(O)CCCCCCCCCCCCCC. The third-order valence-corrected chi connectivity index (χ3v) is 18.5. The first-order valence-electron chi connectivity index (χ1n) is 39.1. The van der Waals surface area contributed by atoms with Crippen LogP contribution in [-0.4, -0.2) is 47.4 Å². The van der Waals surface area contributed by atoms with Gasteiger partial charge in [-0.1, -0.05) is 378 Å². The van der Waals surface area contributed by atoms with Crippen molar-refractivity contribution < 1.29 is 24.5 Å². The van der Waals surface area contributed by atoms with Gasteiger partial charge in [0.25, 0.3) is 0 Å². The van der Waals surface area contributed by atoms with Crippen molar-refractivity contribution >= 4 is 11.9 Å². The lowest BCUT2D eigenvalue weighted by molar-refractivity contribution is -0.143. The number of aliphatic hydroxyl groups excluding tert-OH is 2. The number of allylic oxidation sites excluding steroid dienone is 4. The van der Waals surface area contributed by atoms with Gasteiger partial charge in [0, 0.05) is 12.8 Å². The van der Waals surface area contributed by atoms with E-state index in [-0.39, 0.29) is 18.5 Å². The molecule has 0 aromatic heterocycles. The first-order chi connectivity index (χ1) is 42.0. The van der Waals surface area contributed by atoms with Crippen LogP contribution in [0, 0.1) is 0 Å². The molecule has 0 fully saturated rings. The summed E-state index contributed by atoms with van der Waals surface area (Å²) in [5, 5.41) is 23.3. The van der Waals surface area contributed by atoms with Crippen LogP contribution in [0.4, 0.5) is 0 Å². The zero-order chi connectivity index (χ0) is 61.3. The van der Waals surface area contributed by atoms with Crippen molar-refractivity contribution in [3.63, 3.8) is 0 Å². The molecule has 2 unspecified atom stereocenters. The molecule has 0 saturated heterocycles. The maximum Gasteiger partial charge on any atom is 0.305 e. The first-order valence-corrected chi connectivity index (χ1v) is 39.1. The molecule has 0 rings (SSSR count). The van der Waals surface area contributed by atoms with E-state index in [1.807, 2.05) is 0 Å². The highest BCUT2D eigenvalue weighted by Gasteiger charge is 2.20. The fourth-order valence-electron chi connectivity index (χ4n) is 12.5. The molecule has 6 heteroatoms. The van der Waals surface area contributed by atoms with Gasteiger partial charge in [-0.05, 0) is 77.0 Å². The molecule has 0 heterocycles. The van der Waals surface area contributed by atoms with Crippen LogP contribution in [0.1, 0.15) is 444 Å². The number of carbonyl (C=O) groups excluding carboxylic acids is 2. The van der Waals surface area contributed by atoms with E-state index < -0.39 is 12.1 Å². The van der Waals surface area contributed by atoms with Gasteiger partial charge in [0.15, 0.2) is 0 Å². The molecule has 2 atom stereocenters. The highest BCUT2D eigenvalue weighted by molar-refractivity contribution is 5.76. The third kappa shape index (κ3) is 71.3. The van der Waals surface area contributed by atoms with E-state index in [4.69, 9.17) is 4.74 Å². The summed E-state index contributed by atoms with van der Waals surface area (Å²) < 4.78 is 5.52. The van der Waals surface area contributed by atoms with Crippen molar-refractivity contribution in [2.45, 2.75) is 456 Å². The quantitative estimate of drug-likeness (QED) is 0.0320. The van der Waals surface area contributed by atoms with Gasteiger partial charge in [0.05, 0.1) is 25.4 Å². The third-order valence-electron chi connectivity index (χ3n) is 18.5. The maximum atomic E-state index is 12.5. The Hall–Kier alpha value is -1.66. The van der Waals surface area contributed by atoms with Crippen LogP contribution in [0.25, 0.3) is 0 Å². The maximum absolute atomic E-state index is 12.5. The van der Waals surface area contributed by atoms with Crippen molar-refractivity contribution in [2.75, 3.05) is 13.2 Å². The van der Waals surface area contributed by atoms with Crippen LogP contribution in [0.2, 0.25) is 0 Å². The average Bonchev–Trinajstić information content (AvgIpc) is 3.52. The molecule has 0 saturated carbocycles. The Morgan fingerprint density at radius 2 is 0.553 bits per heavy atom. The van der Waals surface area contributed by atoms with Crippen LogP contribution in [0.15, 0.2) is 24.3 Å². The fourth-order valence-corrected chi connectivity index (χ4v) is 12.5. The van der Waals surface area contributed by atoms with Gasteiger partial charge >= 0.3 is 5.97 Å². The molecule has 1 amide bonds. The van der Waals surface area contributed by atoms with Crippen LogP contribution in [-0.2, 0) is 14.3 Å². The van der Waals surface area contributed by atoms with Crippen LogP contribution >= 0.6 is 0 Å². The van der Waals surface area contributed by atoms with Crippen LogP contribution < -0.4 is 5.32 Å². The van der Waals surface area contributed by atoms with Gasteiger partial charge in [-0.2, -0.15) is 0 Å². The lowest BCUT2D eigenvalue weighted by atomic mass is 10.0. The molecule has 0 aromatic carbocycles. The van der Waals surface area contributed by atoms with Crippen molar-refractivity contribution in [2.24, 2.45) is 0 Å². The topological polar surface area (TPSA) is 95.9 Å². The van der Waals surface area contributed by atoms with E-state index in [9.17, 15) is 19.8 Å². The van der Waals surface area contributed by atoms with Crippen LogP contribution in [0.5, 0.6) is 0 Å². The Morgan fingerprint density at radius 1 is 0.318 bits per heavy atom. The summed E-state index contributed by atoms with van der Waals surface area (Å²) in [6.07, 6.45) is 95.7. The van der Waals surface area contributed by atoms with Gasteiger partial charge in [-0.15, -0.1) is 0 Å². The summed E-state index contributed by atoms with van der Waals surface area (Å²) >= 11 is 0. The summed E-state index contributed by atoms with van der Waals surface area (Å²) in [5.74, 6) is -0.00709. The highest BCUT2D eigenvalue weighted by atomic mass is 16.5. The fraction of sp³-hybridized carbons (Fsp3) is 0.924. The number of amides is 1. The largest absolute Gasteiger partial charge is 0.466 e. The molecule has 3 N–H and O–H groups in total. The second kappa shape index (κ2) is 74.8. The molecule has 0 spiro atoms. The predicted molar refractivity (Wildman–Crippen MR) is 375 cm³/mol. The number of hydrogen-bond donors (Lipinski definition) is 3. The molecule has 0 aliphatic rings. The lowest BCUT2D eigenvalue weighted by Crippen LogP contribution is -2.45. The minimum atomic E-state index is -0.660. The Morgan fingerprint density at radius 3 is 0.835 bits per heavy atom. The number of rotatable bonds is 74. The van der Waals surface area contributed by atoms with Crippen molar-refractivity contribution in [3.05, 3.63) is 24.3 Å². The van der Waals surface area contributed by atoms with E-state index in [1.165, 1.54) is 372 Å². The molecular formula is C79H153NO5. The highest BCUT2D eigenvalue weighted by Crippen LogP contribution is 2.20. The smallest absolute Gasteiger partial charge is 0.305 e. The second-order valence-electron chi connectivity index (χ2n) is 27.0. The Kier molecular flexibility index (Phi) is 73.3. The molecule has 0 aliphatic heterocycles. The molecule has 0 aromatic rings. The van der Waals surface area contributed by atoms with E-state index in [0.29, 0.717) is 25.9 Å². The number of hydrogen-bond acceptors (Lipinski definition) is 5. The summed E-state index contributed by atoms with van der Waals surface area (Å²) in [5.41, 5.74) is 0. The van der Waals surface area contributed by atoms with Gasteiger partial charge in [0.2, 0.25) is 5.91 Å². The monoisotopic (exact) mass is 1200 g/mol. The van der Waals surface area contributed by atoms with Gasteiger partial charge in [-0.25, -0.2) is 0 Å². The zero-order valence-electron chi connectivity index (χ0n) is 57.9. The van der Waals surface area contributed by atoms with Gasteiger partial charge in [-0.3, -0.25) is 9.59 Å². The molecular weight excluding hydrogens is 1040 g/mol. The van der Waals surface area contributed by atoms with Gasteiger partial charge in [0.1, 0.15) is 0 Å². The normalized spacial score (nSPS) is 12.6. The summed E-state index contributed by atoms with van der Waals surface area (Å²) in [6, 6.07) is -0.537. The van der Waals surface area contributed by atoms with Gasteiger partial charge < -0.3 is 20.3 Å². The van der Waals surface area contributed by atoms with E-state index in [2.05, 4.69) is 43.5 Å². The Bertz CT molecular complexity index is 1330. The Balaban J connectivity index is 3.30. The second-order valence-corrected chi connectivity index (χ2v) is 27.0. The number of carbonyl (C=O) groups is 2. The van der Waals surface area contributed by atoms with E-state index in [0.717, 1.165) is 38.5 Å². The summed E-state index contributed by atoms with van der Waals surface area (Å²) in [6.45, 7) is 4.98. The minimum absolute atomic E-state index is 0.0219.